The molecule has 0 fully saturated rings. The molecule has 1 atom stereocenters. The van der Waals surface area contributed by atoms with Gasteiger partial charge in [-0.1, -0.05) is 18.2 Å². The fraction of sp³-hybridized carbons (Fsp3) is 0.176. The van der Waals surface area contributed by atoms with Gasteiger partial charge in [0.15, 0.2) is 0 Å². The molecule has 0 spiro atoms. The Kier molecular flexibility index (Phi) is 3.78. The van der Waals surface area contributed by atoms with Gasteiger partial charge in [-0.15, -0.1) is 5.10 Å². The zero-order valence-electron chi connectivity index (χ0n) is 13.2. The molecule has 1 aliphatic rings. The fourth-order valence-electron chi connectivity index (χ4n) is 2.85. The minimum absolute atomic E-state index is 0.170. The molecule has 0 saturated carbocycles. The van der Waals surface area contributed by atoms with Crippen LogP contribution in [0.25, 0.3) is 0 Å². The largest absolute Gasteiger partial charge is 0.453 e. The van der Waals surface area contributed by atoms with Gasteiger partial charge in [0.25, 0.3) is 5.82 Å². The summed E-state index contributed by atoms with van der Waals surface area (Å²) < 4.78 is 53.8. The Morgan fingerprint density at radius 1 is 1.12 bits per heavy atom. The number of aromatic nitrogens is 4. The minimum atomic E-state index is -4.69. The van der Waals surface area contributed by atoms with Crippen LogP contribution in [0.1, 0.15) is 29.4 Å². The average Bonchev–Trinajstić information content (AvgIpc) is 3.06. The standard InChI is InChI=1S/C17H11F4N5/c18-12-5-1-3-10(7-12)14-8-13(11-4-2-6-22-9-11)23-16-24-15(17(19,20)21)25-26(14)16/h1-7,9,14H,8H2. The summed E-state index contributed by atoms with van der Waals surface area (Å²) in [6.07, 6.45) is -1.30. The van der Waals surface area contributed by atoms with E-state index in [0.29, 0.717) is 16.8 Å². The third-order valence-electron chi connectivity index (χ3n) is 4.01. The van der Waals surface area contributed by atoms with E-state index >= 15 is 0 Å². The first-order chi connectivity index (χ1) is 12.4. The maximum atomic E-state index is 13.6. The molecule has 5 nitrogen and oxygen atoms in total. The molecule has 2 aromatic heterocycles. The van der Waals surface area contributed by atoms with E-state index in [1.165, 1.54) is 18.2 Å². The van der Waals surface area contributed by atoms with Crippen LogP contribution in [0.2, 0.25) is 0 Å². The van der Waals surface area contributed by atoms with Crippen LogP contribution in [-0.4, -0.2) is 25.5 Å². The van der Waals surface area contributed by atoms with Crippen LogP contribution in [0.5, 0.6) is 0 Å². The highest BCUT2D eigenvalue weighted by Crippen LogP contribution is 2.36. The topological polar surface area (TPSA) is 56.0 Å². The number of hydrogen-bond acceptors (Lipinski definition) is 4. The summed E-state index contributed by atoms with van der Waals surface area (Å²) in [5, 5.41) is 3.57. The lowest BCUT2D eigenvalue weighted by Crippen LogP contribution is -2.22. The van der Waals surface area contributed by atoms with E-state index in [4.69, 9.17) is 0 Å². The van der Waals surface area contributed by atoms with Gasteiger partial charge in [-0.2, -0.15) is 18.2 Å². The van der Waals surface area contributed by atoms with Crippen molar-refractivity contribution in [1.29, 1.82) is 0 Å². The maximum absolute atomic E-state index is 13.6. The predicted molar refractivity (Wildman–Crippen MR) is 84.6 cm³/mol. The molecule has 9 heteroatoms. The molecule has 1 aliphatic heterocycles. The van der Waals surface area contributed by atoms with E-state index in [9.17, 15) is 17.6 Å². The van der Waals surface area contributed by atoms with Gasteiger partial charge < -0.3 is 0 Å². The van der Waals surface area contributed by atoms with E-state index in [1.807, 2.05) is 0 Å². The van der Waals surface area contributed by atoms with Gasteiger partial charge in [-0.25, -0.2) is 14.1 Å². The Labute approximate surface area is 145 Å². The quantitative estimate of drug-likeness (QED) is 0.650. The first-order valence-corrected chi connectivity index (χ1v) is 7.69. The zero-order chi connectivity index (χ0) is 18.3. The minimum Gasteiger partial charge on any atom is -0.264 e. The molecule has 0 N–H and O–H groups in total. The van der Waals surface area contributed by atoms with Crippen LogP contribution in [0.15, 0.2) is 53.8 Å². The number of fused-ring (bicyclic) bond motifs is 1. The number of benzene rings is 1. The molecular weight excluding hydrogens is 350 g/mol. The van der Waals surface area contributed by atoms with Crippen LogP contribution in [-0.2, 0) is 6.18 Å². The molecule has 1 unspecified atom stereocenters. The van der Waals surface area contributed by atoms with Crippen LogP contribution >= 0.6 is 0 Å². The number of nitrogens with zero attached hydrogens (tertiary/aromatic N) is 5. The Bertz CT molecular complexity index is 978. The molecule has 1 aromatic carbocycles. The predicted octanol–water partition coefficient (Wildman–Crippen LogP) is 3.94. The third-order valence-corrected chi connectivity index (χ3v) is 4.01. The van der Waals surface area contributed by atoms with E-state index in [2.05, 4.69) is 20.1 Å². The molecule has 3 aromatic rings. The Morgan fingerprint density at radius 3 is 2.65 bits per heavy atom. The molecule has 132 valence electrons. The first kappa shape index (κ1) is 16.4. The van der Waals surface area contributed by atoms with Crippen molar-refractivity contribution in [2.45, 2.75) is 18.6 Å². The number of alkyl halides is 3. The molecule has 26 heavy (non-hydrogen) atoms. The van der Waals surface area contributed by atoms with Crippen molar-refractivity contribution in [2.24, 2.45) is 4.99 Å². The van der Waals surface area contributed by atoms with Crippen molar-refractivity contribution in [2.75, 3.05) is 0 Å². The number of halogens is 4. The van der Waals surface area contributed by atoms with Gasteiger partial charge in [0.05, 0.1) is 11.8 Å². The summed E-state index contributed by atoms with van der Waals surface area (Å²) in [5.41, 5.74) is 1.67. The first-order valence-electron chi connectivity index (χ1n) is 7.69. The molecule has 0 bridgehead atoms. The Morgan fingerprint density at radius 2 is 1.96 bits per heavy atom. The van der Waals surface area contributed by atoms with Crippen molar-refractivity contribution in [3.63, 3.8) is 0 Å². The maximum Gasteiger partial charge on any atom is 0.453 e. The van der Waals surface area contributed by atoms with Gasteiger partial charge in [0.2, 0.25) is 5.95 Å². The fourth-order valence-corrected chi connectivity index (χ4v) is 2.85. The van der Waals surface area contributed by atoms with Crippen LogP contribution in [0.3, 0.4) is 0 Å². The van der Waals surface area contributed by atoms with Gasteiger partial charge in [-0.05, 0) is 23.8 Å². The second-order valence-corrected chi connectivity index (χ2v) is 5.75. The molecule has 4 rings (SSSR count). The molecule has 0 saturated heterocycles. The summed E-state index contributed by atoms with van der Waals surface area (Å²) in [5.74, 6) is -1.92. The second-order valence-electron chi connectivity index (χ2n) is 5.75. The number of aliphatic imine (C=N–C) groups is 1. The third kappa shape index (κ3) is 2.96. The smallest absolute Gasteiger partial charge is 0.264 e. The summed E-state index contributed by atoms with van der Waals surface area (Å²) in [6, 6.07) is 8.49. The Hall–Kier alpha value is -3.10. The van der Waals surface area contributed by atoms with Crippen molar-refractivity contribution in [3.8, 4) is 0 Å². The monoisotopic (exact) mass is 361 g/mol. The van der Waals surface area contributed by atoms with E-state index in [-0.39, 0.29) is 12.4 Å². The van der Waals surface area contributed by atoms with Gasteiger partial charge in [-0.3, -0.25) is 4.98 Å². The average molecular weight is 361 g/mol. The van der Waals surface area contributed by atoms with Gasteiger partial charge in [0, 0.05) is 24.4 Å². The van der Waals surface area contributed by atoms with E-state index in [1.54, 1.807) is 30.6 Å². The highest BCUT2D eigenvalue weighted by molar-refractivity contribution is 6.02. The normalized spacial score (nSPS) is 16.9. The van der Waals surface area contributed by atoms with Crippen LogP contribution in [0, 0.1) is 5.82 Å². The SMILES string of the molecule is Fc1cccc(C2CC(c3cccnc3)=Nc3nc(C(F)(F)F)nn32)c1. The van der Waals surface area contributed by atoms with E-state index in [0.717, 1.165) is 4.68 Å². The Balaban J connectivity index is 1.86. The summed E-state index contributed by atoms with van der Waals surface area (Å²) in [7, 11) is 0. The lowest BCUT2D eigenvalue weighted by Gasteiger charge is -2.23. The van der Waals surface area contributed by atoms with Crippen molar-refractivity contribution in [3.05, 3.63) is 71.6 Å². The molecule has 0 aliphatic carbocycles. The molecule has 0 amide bonds. The van der Waals surface area contributed by atoms with Crippen molar-refractivity contribution in [1.82, 2.24) is 19.7 Å². The van der Waals surface area contributed by atoms with Crippen molar-refractivity contribution < 1.29 is 17.6 Å². The number of rotatable bonds is 2. The van der Waals surface area contributed by atoms with Crippen LogP contribution in [0.4, 0.5) is 23.5 Å². The van der Waals surface area contributed by atoms with E-state index < -0.39 is 23.9 Å². The van der Waals surface area contributed by atoms with Gasteiger partial charge in [0.1, 0.15) is 5.82 Å². The number of hydrogen-bond donors (Lipinski definition) is 0. The van der Waals surface area contributed by atoms with Crippen molar-refractivity contribution >= 4 is 11.7 Å². The highest BCUT2D eigenvalue weighted by atomic mass is 19.4. The number of pyridine rings is 1. The molecule has 3 heterocycles. The van der Waals surface area contributed by atoms with Gasteiger partial charge >= 0.3 is 6.18 Å². The summed E-state index contributed by atoms with van der Waals surface area (Å²) >= 11 is 0. The van der Waals surface area contributed by atoms with Crippen LogP contribution < -0.4 is 0 Å². The summed E-state index contributed by atoms with van der Waals surface area (Å²) in [4.78, 5) is 11.7. The lowest BCUT2D eigenvalue weighted by atomic mass is 9.97. The zero-order valence-corrected chi connectivity index (χ0v) is 13.2. The highest BCUT2D eigenvalue weighted by Gasteiger charge is 2.39. The lowest BCUT2D eigenvalue weighted by molar-refractivity contribution is -0.145. The molecular formula is C17H11F4N5. The molecule has 0 radical (unpaired) electrons. The summed E-state index contributed by atoms with van der Waals surface area (Å²) in [6.45, 7) is 0. The second kappa shape index (κ2) is 6.01.